The van der Waals surface area contributed by atoms with Crippen molar-refractivity contribution in [3.05, 3.63) is 35.9 Å². The van der Waals surface area contributed by atoms with E-state index in [-0.39, 0.29) is 5.97 Å². The third-order valence-corrected chi connectivity index (χ3v) is 5.17. The van der Waals surface area contributed by atoms with E-state index in [1.54, 1.807) is 0 Å². The second kappa shape index (κ2) is 12.7. The molecule has 1 atom stereocenters. The summed E-state index contributed by atoms with van der Waals surface area (Å²) in [7, 11) is 0. The van der Waals surface area contributed by atoms with Crippen LogP contribution in [0.25, 0.3) is 0 Å². The number of carbonyl (C=O) groups excluding carboxylic acids is 1. The van der Waals surface area contributed by atoms with Gasteiger partial charge in [-0.15, -0.1) is 0 Å². The normalized spacial score (nSPS) is 21.4. The summed E-state index contributed by atoms with van der Waals surface area (Å²) in [5.41, 5.74) is 0.702. The molecule has 1 aliphatic rings. The number of esters is 1. The van der Waals surface area contributed by atoms with Crippen molar-refractivity contribution in [3.8, 4) is 0 Å². The minimum Gasteiger partial charge on any atom is -0.411 e. The molecule has 1 aromatic carbocycles. The highest BCUT2D eigenvalue weighted by Crippen LogP contribution is 2.13. The number of benzene rings is 1. The van der Waals surface area contributed by atoms with Gasteiger partial charge in [0.25, 0.3) is 0 Å². The Morgan fingerprint density at radius 2 is 1.71 bits per heavy atom. The number of ether oxygens (including phenoxy) is 1. The summed E-state index contributed by atoms with van der Waals surface area (Å²) in [5.74, 6) is -0.964. The Morgan fingerprint density at radius 1 is 1.03 bits per heavy atom. The van der Waals surface area contributed by atoms with E-state index >= 15 is 0 Å². The summed E-state index contributed by atoms with van der Waals surface area (Å²) < 4.78 is 5.67. The highest BCUT2D eigenvalue weighted by Gasteiger charge is 2.44. The fourth-order valence-corrected chi connectivity index (χ4v) is 3.75. The van der Waals surface area contributed by atoms with Crippen LogP contribution in [0.2, 0.25) is 0 Å². The molecule has 0 radical (unpaired) electrons. The van der Waals surface area contributed by atoms with Gasteiger partial charge in [0, 0.05) is 20.0 Å². The van der Waals surface area contributed by atoms with Crippen LogP contribution in [0.3, 0.4) is 0 Å². The quantitative estimate of drug-likeness (QED) is 0.217. The first-order valence-corrected chi connectivity index (χ1v) is 11.7. The van der Waals surface area contributed by atoms with Crippen molar-refractivity contribution in [2.24, 2.45) is 4.99 Å². The Balaban J connectivity index is 1.94. The Kier molecular flexibility index (Phi) is 10.3. The lowest BCUT2D eigenvalue weighted by Crippen LogP contribution is -2.82. The lowest BCUT2D eigenvalue weighted by Gasteiger charge is -2.47. The lowest BCUT2D eigenvalue weighted by molar-refractivity contribution is -0.175. The molecule has 1 heterocycles. The van der Waals surface area contributed by atoms with Gasteiger partial charge in [-0.05, 0) is 32.3 Å². The highest BCUT2D eigenvalue weighted by atomic mass is 16.6. The maximum absolute atomic E-state index is 11.9. The van der Waals surface area contributed by atoms with E-state index < -0.39 is 11.6 Å². The zero-order chi connectivity index (χ0) is 22.6. The summed E-state index contributed by atoms with van der Waals surface area (Å²) in [6.45, 7) is 9.00. The summed E-state index contributed by atoms with van der Waals surface area (Å²) in [6, 6.07) is 10.2. The molecule has 7 heteroatoms. The van der Waals surface area contributed by atoms with E-state index in [2.05, 4.69) is 40.3 Å². The monoisotopic (exact) mass is 431 g/mol. The van der Waals surface area contributed by atoms with Gasteiger partial charge in [0.15, 0.2) is 5.96 Å². The standard InChI is InChI=1S/C24H41N5O2/c1-5-6-7-8-9-10-14-18-25-22-27-23(3,4)29-24(28-22,31-20(2)30)26-19-17-21-15-12-11-13-16-21/h11-13,15-16,26,29H,5-10,14,17-19H2,1-4H3,(H2,25,27,28). The number of carbonyl (C=O) groups is 1. The number of aliphatic imine (C=N–C) groups is 1. The third kappa shape index (κ3) is 9.70. The molecule has 0 amide bonds. The molecular formula is C24H41N5O2. The van der Waals surface area contributed by atoms with E-state index in [1.165, 1.54) is 51.0 Å². The highest BCUT2D eigenvalue weighted by molar-refractivity contribution is 5.82. The van der Waals surface area contributed by atoms with E-state index in [0.717, 1.165) is 19.4 Å². The van der Waals surface area contributed by atoms with Crippen molar-refractivity contribution >= 4 is 11.9 Å². The van der Waals surface area contributed by atoms with E-state index in [0.29, 0.717) is 12.5 Å². The van der Waals surface area contributed by atoms with Crippen molar-refractivity contribution in [3.63, 3.8) is 0 Å². The van der Waals surface area contributed by atoms with Gasteiger partial charge in [-0.1, -0.05) is 75.8 Å². The van der Waals surface area contributed by atoms with Gasteiger partial charge in [-0.2, -0.15) is 0 Å². The number of nitrogens with one attached hydrogen (secondary N) is 4. The Labute approximate surface area is 187 Å². The van der Waals surface area contributed by atoms with Crippen molar-refractivity contribution in [1.82, 2.24) is 21.3 Å². The van der Waals surface area contributed by atoms with Crippen LogP contribution in [0, 0.1) is 0 Å². The fraction of sp³-hybridized carbons (Fsp3) is 0.667. The van der Waals surface area contributed by atoms with Crippen LogP contribution in [0.4, 0.5) is 0 Å². The number of hydrogen-bond donors (Lipinski definition) is 4. The second-order valence-electron chi connectivity index (χ2n) is 8.79. The van der Waals surface area contributed by atoms with Crippen molar-refractivity contribution in [1.29, 1.82) is 0 Å². The molecule has 4 N–H and O–H groups in total. The molecule has 0 aromatic heterocycles. The number of unbranched alkanes of at least 4 members (excludes halogenated alkanes) is 6. The third-order valence-electron chi connectivity index (χ3n) is 5.17. The molecule has 0 spiro atoms. The molecule has 1 fully saturated rings. The van der Waals surface area contributed by atoms with E-state index in [9.17, 15) is 4.79 Å². The first-order chi connectivity index (χ1) is 14.8. The van der Waals surface area contributed by atoms with Gasteiger partial charge in [0.1, 0.15) is 0 Å². The number of rotatable bonds is 13. The largest absolute Gasteiger partial charge is 0.411 e. The second-order valence-corrected chi connectivity index (χ2v) is 8.79. The van der Waals surface area contributed by atoms with Gasteiger partial charge in [-0.25, -0.2) is 10.6 Å². The van der Waals surface area contributed by atoms with Crippen molar-refractivity contribution in [2.75, 3.05) is 13.1 Å². The molecule has 0 bridgehead atoms. The van der Waals surface area contributed by atoms with Gasteiger partial charge in [0.05, 0.1) is 5.66 Å². The first kappa shape index (κ1) is 25.1. The Bertz CT molecular complexity index is 692. The summed E-state index contributed by atoms with van der Waals surface area (Å²) in [4.78, 5) is 16.6. The predicted octanol–water partition coefficient (Wildman–Crippen LogP) is 3.62. The van der Waals surface area contributed by atoms with E-state index in [4.69, 9.17) is 9.73 Å². The summed E-state index contributed by atoms with van der Waals surface area (Å²) in [5, 5.41) is 13.2. The van der Waals surface area contributed by atoms with Crippen LogP contribution >= 0.6 is 0 Å². The molecular weight excluding hydrogens is 390 g/mol. The molecule has 31 heavy (non-hydrogen) atoms. The molecule has 2 rings (SSSR count). The molecule has 174 valence electrons. The average Bonchev–Trinajstić information content (AvgIpc) is 2.69. The smallest absolute Gasteiger partial charge is 0.307 e. The van der Waals surface area contributed by atoms with Crippen LogP contribution in [-0.2, 0) is 16.0 Å². The van der Waals surface area contributed by atoms with Crippen LogP contribution in [0.15, 0.2) is 35.3 Å². The summed E-state index contributed by atoms with van der Waals surface area (Å²) in [6.07, 6.45) is 9.54. The maximum Gasteiger partial charge on any atom is 0.307 e. The van der Waals surface area contributed by atoms with Crippen LogP contribution in [-0.4, -0.2) is 36.7 Å². The molecule has 1 unspecified atom stereocenters. The first-order valence-electron chi connectivity index (χ1n) is 11.7. The van der Waals surface area contributed by atoms with Gasteiger partial charge in [-0.3, -0.25) is 15.1 Å². The van der Waals surface area contributed by atoms with Gasteiger partial charge < -0.3 is 10.1 Å². The van der Waals surface area contributed by atoms with Gasteiger partial charge >= 0.3 is 11.9 Å². The SMILES string of the molecule is CCCCCCCCCN=C1NC(C)(C)NC(NCCc2ccccc2)(OC(C)=O)N1. The number of hydrogen-bond acceptors (Lipinski definition) is 5. The van der Waals surface area contributed by atoms with Crippen LogP contribution < -0.4 is 21.3 Å². The maximum atomic E-state index is 11.9. The molecule has 1 saturated heterocycles. The molecule has 0 aliphatic carbocycles. The zero-order valence-corrected chi connectivity index (χ0v) is 19.7. The average molecular weight is 432 g/mol. The minimum atomic E-state index is -1.21. The fourth-order valence-electron chi connectivity index (χ4n) is 3.75. The van der Waals surface area contributed by atoms with Crippen LogP contribution in [0.1, 0.15) is 78.2 Å². The Morgan fingerprint density at radius 3 is 2.39 bits per heavy atom. The topological polar surface area (TPSA) is 86.8 Å². The Hall–Kier alpha value is -2.12. The predicted molar refractivity (Wildman–Crippen MR) is 126 cm³/mol. The minimum absolute atomic E-state index is 0.378. The molecule has 1 aliphatic heterocycles. The number of nitrogens with zero attached hydrogens (tertiary/aromatic N) is 1. The van der Waals surface area contributed by atoms with Gasteiger partial charge in [0.2, 0.25) is 0 Å². The molecule has 7 nitrogen and oxygen atoms in total. The molecule has 0 saturated carbocycles. The van der Waals surface area contributed by atoms with E-state index in [1.807, 2.05) is 32.0 Å². The number of guanidine groups is 1. The lowest BCUT2D eigenvalue weighted by atomic mass is 10.1. The summed E-state index contributed by atoms with van der Waals surface area (Å²) >= 11 is 0. The van der Waals surface area contributed by atoms with Crippen molar-refractivity contribution in [2.45, 2.75) is 90.7 Å². The zero-order valence-electron chi connectivity index (χ0n) is 19.7. The van der Waals surface area contributed by atoms with Crippen molar-refractivity contribution < 1.29 is 9.53 Å². The van der Waals surface area contributed by atoms with Crippen LogP contribution in [0.5, 0.6) is 0 Å². The molecule has 1 aromatic rings.